The van der Waals surface area contributed by atoms with Crippen LogP contribution in [0.5, 0.6) is 0 Å². The molecular formula is C16H21NSe. The van der Waals surface area contributed by atoms with E-state index in [0.29, 0.717) is 15.0 Å². The van der Waals surface area contributed by atoms with Crippen molar-refractivity contribution in [2.24, 2.45) is 11.8 Å². The van der Waals surface area contributed by atoms with Gasteiger partial charge in [-0.3, -0.25) is 0 Å². The van der Waals surface area contributed by atoms with E-state index in [4.69, 9.17) is 0 Å². The standard InChI is InChI=1S/C16H21NSe/c1-11-13-10-14(13)16(15-8-5-9-17(11)15)18-12-6-3-2-4-7-12/h2-4,6-7,11,13-16H,5,8-10H2,1H3/t11-,13+,14+,15+,16-/m1/s1. The second-order valence-electron chi connectivity index (χ2n) is 6.15. The fraction of sp³-hybridized carbons (Fsp3) is 0.625. The topological polar surface area (TPSA) is 3.24 Å². The first-order valence-corrected chi connectivity index (χ1v) is 9.16. The molecule has 1 saturated carbocycles. The zero-order valence-corrected chi connectivity index (χ0v) is 12.7. The van der Waals surface area contributed by atoms with Crippen LogP contribution in [0, 0.1) is 11.8 Å². The normalized spacial score (nSPS) is 42.4. The number of rotatable bonds is 2. The third-order valence-electron chi connectivity index (χ3n) is 5.19. The summed E-state index contributed by atoms with van der Waals surface area (Å²) in [5.74, 6) is 2.11. The van der Waals surface area contributed by atoms with Crippen LogP contribution in [0.25, 0.3) is 0 Å². The molecule has 2 heteroatoms. The van der Waals surface area contributed by atoms with Gasteiger partial charge in [-0.25, -0.2) is 0 Å². The maximum absolute atomic E-state index is 2.85. The summed E-state index contributed by atoms with van der Waals surface area (Å²) >= 11 is 0.689. The molecule has 1 aromatic carbocycles. The minimum absolute atomic E-state index is 0.689. The van der Waals surface area contributed by atoms with E-state index in [1.54, 1.807) is 4.46 Å². The molecule has 0 N–H and O–H groups in total. The molecule has 96 valence electrons. The molecule has 0 spiro atoms. The van der Waals surface area contributed by atoms with Gasteiger partial charge in [-0.2, -0.15) is 0 Å². The SMILES string of the molecule is C[C@@H]1[C@@H]2C[C@@H]2[C@@H]([Se]c2ccccc2)[C@@H]2CCCN12. The van der Waals surface area contributed by atoms with Crippen molar-refractivity contribution in [2.45, 2.75) is 43.1 Å². The summed E-state index contributed by atoms with van der Waals surface area (Å²) in [6, 6.07) is 13.0. The zero-order chi connectivity index (χ0) is 12.1. The molecule has 4 rings (SSSR count). The van der Waals surface area contributed by atoms with Crippen LogP contribution in [0.2, 0.25) is 4.82 Å². The Balaban J connectivity index is 1.57. The minimum atomic E-state index is 0.689. The van der Waals surface area contributed by atoms with Gasteiger partial charge in [0.25, 0.3) is 0 Å². The van der Waals surface area contributed by atoms with E-state index in [2.05, 4.69) is 42.2 Å². The summed E-state index contributed by atoms with van der Waals surface area (Å²) in [7, 11) is 0. The Morgan fingerprint density at radius 3 is 2.83 bits per heavy atom. The first kappa shape index (κ1) is 11.5. The molecule has 18 heavy (non-hydrogen) atoms. The molecule has 1 nitrogen and oxygen atoms in total. The van der Waals surface area contributed by atoms with Gasteiger partial charge in [-0.05, 0) is 0 Å². The number of hydrogen-bond donors (Lipinski definition) is 0. The molecule has 0 amide bonds. The van der Waals surface area contributed by atoms with Crippen molar-refractivity contribution >= 4 is 19.4 Å². The number of hydrogen-bond acceptors (Lipinski definition) is 1. The molecule has 0 aromatic heterocycles. The number of fused-ring (bicyclic) bond motifs is 2. The van der Waals surface area contributed by atoms with Crippen LogP contribution in [0.4, 0.5) is 0 Å². The van der Waals surface area contributed by atoms with Crippen LogP contribution in [-0.2, 0) is 0 Å². The Hall–Kier alpha value is -0.301. The number of piperidine rings is 1. The average Bonchev–Trinajstić information content (AvgIpc) is 3.05. The van der Waals surface area contributed by atoms with Gasteiger partial charge in [0, 0.05) is 0 Å². The van der Waals surface area contributed by atoms with Gasteiger partial charge in [0.1, 0.15) is 0 Å². The molecule has 0 radical (unpaired) electrons. The fourth-order valence-electron chi connectivity index (χ4n) is 4.19. The van der Waals surface area contributed by atoms with Gasteiger partial charge in [-0.1, -0.05) is 0 Å². The Morgan fingerprint density at radius 1 is 1.17 bits per heavy atom. The molecule has 3 aliphatic rings. The Labute approximate surface area is 116 Å². The Bertz CT molecular complexity index is 432. The third-order valence-corrected chi connectivity index (χ3v) is 8.30. The van der Waals surface area contributed by atoms with Crippen LogP contribution in [0.15, 0.2) is 30.3 Å². The molecular weight excluding hydrogens is 285 g/mol. The van der Waals surface area contributed by atoms with Gasteiger partial charge in [0.15, 0.2) is 0 Å². The van der Waals surface area contributed by atoms with E-state index in [1.165, 1.54) is 25.8 Å². The van der Waals surface area contributed by atoms with Gasteiger partial charge in [-0.15, -0.1) is 0 Å². The van der Waals surface area contributed by atoms with E-state index in [0.717, 1.165) is 28.7 Å². The Kier molecular flexibility index (Phi) is 2.80. The number of benzene rings is 1. The van der Waals surface area contributed by atoms with E-state index >= 15 is 0 Å². The molecule has 5 atom stereocenters. The van der Waals surface area contributed by atoms with Gasteiger partial charge in [0.05, 0.1) is 0 Å². The van der Waals surface area contributed by atoms with Crippen LogP contribution in [0.1, 0.15) is 26.2 Å². The summed E-state index contributed by atoms with van der Waals surface area (Å²) in [4.78, 5) is 3.85. The van der Waals surface area contributed by atoms with Crippen molar-refractivity contribution in [3.8, 4) is 0 Å². The predicted octanol–water partition coefficient (Wildman–Crippen LogP) is 2.31. The van der Waals surface area contributed by atoms with Crippen LogP contribution in [-0.4, -0.2) is 38.5 Å². The third kappa shape index (κ3) is 1.78. The van der Waals surface area contributed by atoms with E-state index < -0.39 is 0 Å². The van der Waals surface area contributed by atoms with Crippen molar-refractivity contribution in [3.63, 3.8) is 0 Å². The van der Waals surface area contributed by atoms with Gasteiger partial charge >= 0.3 is 116 Å². The summed E-state index contributed by atoms with van der Waals surface area (Å²) in [5, 5.41) is 0. The number of nitrogens with zero attached hydrogens (tertiary/aromatic N) is 1. The van der Waals surface area contributed by atoms with Crippen LogP contribution in [0.3, 0.4) is 0 Å². The van der Waals surface area contributed by atoms with Crippen molar-refractivity contribution in [1.29, 1.82) is 0 Å². The fourth-order valence-corrected chi connectivity index (χ4v) is 7.48. The molecule has 3 fully saturated rings. The van der Waals surface area contributed by atoms with Crippen molar-refractivity contribution in [3.05, 3.63) is 30.3 Å². The van der Waals surface area contributed by atoms with Crippen LogP contribution >= 0.6 is 0 Å². The first-order valence-electron chi connectivity index (χ1n) is 7.32. The molecule has 2 saturated heterocycles. The van der Waals surface area contributed by atoms with E-state index in [-0.39, 0.29) is 0 Å². The molecule has 1 aromatic rings. The van der Waals surface area contributed by atoms with Gasteiger partial charge in [0.2, 0.25) is 0 Å². The van der Waals surface area contributed by atoms with Gasteiger partial charge < -0.3 is 0 Å². The first-order chi connectivity index (χ1) is 8.84. The summed E-state index contributed by atoms with van der Waals surface area (Å²) in [6.45, 7) is 3.85. The molecule has 0 unspecified atom stereocenters. The van der Waals surface area contributed by atoms with E-state index in [9.17, 15) is 0 Å². The molecule has 0 bridgehead atoms. The van der Waals surface area contributed by atoms with Crippen LogP contribution < -0.4 is 4.46 Å². The Morgan fingerprint density at radius 2 is 2.00 bits per heavy atom. The summed E-state index contributed by atoms with van der Waals surface area (Å²) < 4.78 is 1.61. The predicted molar refractivity (Wildman–Crippen MR) is 76.4 cm³/mol. The summed E-state index contributed by atoms with van der Waals surface area (Å²) in [5.41, 5.74) is 0. The second-order valence-corrected chi connectivity index (χ2v) is 8.77. The van der Waals surface area contributed by atoms with Crippen molar-refractivity contribution in [1.82, 2.24) is 4.90 Å². The van der Waals surface area contributed by atoms with Crippen molar-refractivity contribution < 1.29 is 0 Å². The molecule has 2 aliphatic heterocycles. The van der Waals surface area contributed by atoms with Crippen molar-refractivity contribution in [2.75, 3.05) is 6.54 Å². The monoisotopic (exact) mass is 307 g/mol. The zero-order valence-electron chi connectivity index (χ0n) is 11.0. The molecule has 1 aliphatic carbocycles. The quantitative estimate of drug-likeness (QED) is 0.758. The summed E-state index contributed by atoms with van der Waals surface area (Å²) in [6.07, 6.45) is 4.43. The average molecular weight is 306 g/mol. The second kappa shape index (κ2) is 4.37. The van der Waals surface area contributed by atoms with E-state index in [1.807, 2.05) is 0 Å². The maximum atomic E-state index is 2.85. The molecule has 2 heterocycles.